The van der Waals surface area contributed by atoms with Crippen LogP contribution in [0.25, 0.3) is 0 Å². The molecule has 0 bridgehead atoms. The van der Waals surface area contributed by atoms with Gasteiger partial charge in [0.05, 0.1) is 12.2 Å². The molecule has 37 heavy (non-hydrogen) atoms. The molecule has 0 saturated carbocycles. The number of benzene rings is 4. The molecule has 0 fully saturated rings. The average molecular weight is 492 g/mol. The van der Waals surface area contributed by atoms with Gasteiger partial charge in [0.2, 0.25) is 6.34 Å². The normalized spacial score (nSPS) is 17.2. The minimum Gasteiger partial charge on any atom is -0.487 e. The third-order valence-corrected chi connectivity index (χ3v) is 6.44. The lowest BCUT2D eigenvalue weighted by Crippen LogP contribution is -2.26. The number of hydrogen-bond donors (Lipinski definition) is 0. The Morgan fingerprint density at radius 2 is 1.11 bits per heavy atom. The van der Waals surface area contributed by atoms with Crippen molar-refractivity contribution < 1.29 is 14.0 Å². The molecular formula is C33H35N2O2+. The average Bonchev–Trinajstić information content (AvgIpc) is 3.30. The lowest BCUT2D eigenvalue weighted by Gasteiger charge is -2.25. The van der Waals surface area contributed by atoms with Gasteiger partial charge in [-0.05, 0) is 52.0 Å². The fourth-order valence-electron chi connectivity index (χ4n) is 5.04. The predicted octanol–water partition coefficient (Wildman–Crippen LogP) is 7.94. The number of nitrogens with zero attached hydrogens (tertiary/aromatic N) is 2. The first-order valence-electron chi connectivity index (χ1n) is 13.1. The zero-order valence-electron chi connectivity index (χ0n) is 22.0. The van der Waals surface area contributed by atoms with Crippen LogP contribution >= 0.6 is 0 Å². The van der Waals surface area contributed by atoms with E-state index in [1.54, 1.807) is 0 Å². The molecule has 0 saturated heterocycles. The first-order valence-corrected chi connectivity index (χ1v) is 13.1. The van der Waals surface area contributed by atoms with E-state index in [0.29, 0.717) is 0 Å². The van der Waals surface area contributed by atoms with Crippen molar-refractivity contribution in [2.24, 2.45) is 0 Å². The summed E-state index contributed by atoms with van der Waals surface area (Å²) in [6.07, 6.45) is 2.36. The zero-order chi connectivity index (χ0) is 25.8. The molecule has 2 atom stereocenters. The van der Waals surface area contributed by atoms with E-state index in [1.165, 1.54) is 11.1 Å². The molecule has 4 aromatic rings. The van der Waals surface area contributed by atoms with Crippen LogP contribution in [-0.2, 0) is 0 Å². The third kappa shape index (κ3) is 5.24. The fraction of sp³-hybridized carbons (Fsp3) is 0.242. The van der Waals surface area contributed by atoms with Crippen LogP contribution in [0.3, 0.4) is 0 Å². The molecule has 188 valence electrons. The molecule has 5 rings (SSSR count). The summed E-state index contributed by atoms with van der Waals surface area (Å²) in [5, 5.41) is 0. The lowest BCUT2D eigenvalue weighted by atomic mass is 9.92. The summed E-state index contributed by atoms with van der Waals surface area (Å²) in [6.45, 7) is 8.27. The first-order chi connectivity index (χ1) is 18.0. The van der Waals surface area contributed by atoms with Gasteiger partial charge in [-0.2, -0.15) is 0 Å². The Morgan fingerprint density at radius 1 is 0.595 bits per heavy atom. The smallest absolute Gasteiger partial charge is 0.246 e. The van der Waals surface area contributed by atoms with Crippen LogP contribution < -0.4 is 14.4 Å². The van der Waals surface area contributed by atoms with E-state index in [-0.39, 0.29) is 24.3 Å². The highest BCUT2D eigenvalue weighted by atomic mass is 16.5. The van der Waals surface area contributed by atoms with Gasteiger partial charge in [0.1, 0.15) is 0 Å². The van der Waals surface area contributed by atoms with Gasteiger partial charge in [-0.1, -0.05) is 84.9 Å². The summed E-state index contributed by atoms with van der Waals surface area (Å²) < 4.78 is 14.9. The van der Waals surface area contributed by atoms with E-state index in [0.717, 1.165) is 22.9 Å². The molecule has 0 spiro atoms. The van der Waals surface area contributed by atoms with E-state index in [9.17, 15) is 0 Å². The van der Waals surface area contributed by atoms with Crippen molar-refractivity contribution in [2.45, 2.75) is 52.0 Å². The van der Waals surface area contributed by atoms with Crippen molar-refractivity contribution in [1.82, 2.24) is 0 Å². The van der Waals surface area contributed by atoms with E-state index in [4.69, 9.17) is 9.47 Å². The Kier molecular flexibility index (Phi) is 7.27. The molecule has 1 heterocycles. The quantitative estimate of drug-likeness (QED) is 0.234. The highest BCUT2D eigenvalue weighted by Crippen LogP contribution is 2.48. The third-order valence-electron chi connectivity index (χ3n) is 6.44. The van der Waals surface area contributed by atoms with E-state index in [2.05, 4.69) is 141 Å². The van der Waals surface area contributed by atoms with Crippen LogP contribution in [-0.4, -0.2) is 23.1 Å². The minimum atomic E-state index is 0.00705. The van der Waals surface area contributed by atoms with Crippen LogP contribution in [0, 0.1) is 0 Å². The van der Waals surface area contributed by atoms with Gasteiger partial charge in [-0.15, -0.1) is 0 Å². The van der Waals surface area contributed by atoms with Gasteiger partial charge in [0, 0.05) is 11.1 Å². The molecule has 2 unspecified atom stereocenters. The molecular weight excluding hydrogens is 456 g/mol. The maximum Gasteiger partial charge on any atom is 0.246 e. The van der Waals surface area contributed by atoms with Gasteiger partial charge >= 0.3 is 0 Å². The molecule has 4 heteroatoms. The fourth-order valence-corrected chi connectivity index (χ4v) is 5.04. The monoisotopic (exact) mass is 491 g/mol. The van der Waals surface area contributed by atoms with Crippen molar-refractivity contribution >= 4 is 17.7 Å². The Balaban J connectivity index is 1.75. The van der Waals surface area contributed by atoms with Gasteiger partial charge in [-0.25, -0.2) is 9.48 Å². The Hall–Kier alpha value is -4.05. The Morgan fingerprint density at radius 3 is 1.76 bits per heavy atom. The number of para-hydroxylation sites is 4. The summed E-state index contributed by atoms with van der Waals surface area (Å²) in [7, 11) is 0. The SMILES string of the molecule is CC(C)Oc1ccccc1N1C=[N+](c2ccccc2OC(C)C)C(c2ccccc2)C1c1ccccc1. The molecule has 1 aliphatic rings. The van der Waals surface area contributed by atoms with Gasteiger partial charge in [-0.3, -0.25) is 0 Å². The summed E-state index contributed by atoms with van der Waals surface area (Å²) in [5.74, 6) is 1.74. The molecule has 0 radical (unpaired) electrons. The van der Waals surface area contributed by atoms with E-state index >= 15 is 0 Å². The molecule has 1 aliphatic heterocycles. The number of hydrogen-bond acceptors (Lipinski definition) is 3. The van der Waals surface area contributed by atoms with Crippen molar-refractivity contribution in [3.8, 4) is 11.5 Å². The Labute approximate surface area is 220 Å². The highest BCUT2D eigenvalue weighted by Gasteiger charge is 2.47. The summed E-state index contributed by atoms with van der Waals surface area (Å²) >= 11 is 0. The summed E-state index contributed by atoms with van der Waals surface area (Å²) in [4.78, 5) is 2.36. The van der Waals surface area contributed by atoms with Crippen LogP contribution in [0.5, 0.6) is 11.5 Å². The second-order valence-corrected chi connectivity index (χ2v) is 9.91. The van der Waals surface area contributed by atoms with Gasteiger partial charge in [0.25, 0.3) is 0 Å². The highest BCUT2D eigenvalue weighted by molar-refractivity contribution is 5.83. The maximum atomic E-state index is 6.30. The number of ether oxygens (including phenoxy) is 2. The van der Waals surface area contributed by atoms with Crippen molar-refractivity contribution in [3.05, 3.63) is 120 Å². The van der Waals surface area contributed by atoms with Crippen LogP contribution in [0.1, 0.15) is 50.9 Å². The largest absolute Gasteiger partial charge is 0.487 e. The summed E-state index contributed by atoms with van der Waals surface area (Å²) in [6, 6.07) is 38.1. The molecule has 0 aromatic heterocycles. The van der Waals surface area contributed by atoms with Crippen LogP contribution in [0.4, 0.5) is 11.4 Å². The van der Waals surface area contributed by atoms with Crippen molar-refractivity contribution in [2.75, 3.05) is 4.90 Å². The minimum absolute atomic E-state index is 0.00705. The van der Waals surface area contributed by atoms with Crippen LogP contribution in [0.2, 0.25) is 0 Å². The van der Waals surface area contributed by atoms with Crippen LogP contribution in [0.15, 0.2) is 109 Å². The zero-order valence-corrected chi connectivity index (χ0v) is 22.0. The molecule has 0 amide bonds. The molecule has 0 N–H and O–H groups in total. The maximum absolute atomic E-state index is 6.30. The lowest BCUT2D eigenvalue weighted by molar-refractivity contribution is -0.482. The molecule has 4 nitrogen and oxygen atoms in total. The molecule has 4 aromatic carbocycles. The topological polar surface area (TPSA) is 24.7 Å². The van der Waals surface area contributed by atoms with Gasteiger partial charge in [0.15, 0.2) is 35.0 Å². The van der Waals surface area contributed by atoms with Gasteiger partial charge < -0.3 is 9.47 Å². The van der Waals surface area contributed by atoms with E-state index in [1.807, 2.05) is 12.1 Å². The second-order valence-electron chi connectivity index (χ2n) is 9.91. The van der Waals surface area contributed by atoms with Crippen molar-refractivity contribution in [3.63, 3.8) is 0 Å². The molecule has 0 aliphatic carbocycles. The first kappa shape index (κ1) is 24.6. The second kappa shape index (κ2) is 10.9. The predicted molar refractivity (Wildman–Crippen MR) is 151 cm³/mol. The van der Waals surface area contributed by atoms with Crippen molar-refractivity contribution in [1.29, 1.82) is 0 Å². The Bertz CT molecular complexity index is 1350. The number of anilines is 1. The standard InChI is InChI=1S/C33H35N2O2/c1-24(2)36-30-21-13-11-19-28(30)34-23-35(29-20-12-14-22-31(29)37-25(3)4)33(27-17-9-6-10-18-27)32(34)26-15-7-5-8-16-26/h5-25,32-33H,1-4H3/q+1. The van der Waals surface area contributed by atoms with E-state index < -0.39 is 0 Å². The summed E-state index contributed by atoms with van der Waals surface area (Å²) in [5.41, 5.74) is 4.54. The number of rotatable bonds is 8.